The van der Waals surface area contributed by atoms with Crippen LogP contribution >= 0.6 is 11.3 Å². The van der Waals surface area contributed by atoms with Crippen molar-refractivity contribution in [3.05, 3.63) is 45.7 Å². The second-order valence-electron chi connectivity index (χ2n) is 6.69. The van der Waals surface area contributed by atoms with Crippen LogP contribution in [0.25, 0.3) is 0 Å². The van der Waals surface area contributed by atoms with E-state index >= 15 is 0 Å². The van der Waals surface area contributed by atoms with Crippen molar-refractivity contribution in [1.82, 2.24) is 9.88 Å². The summed E-state index contributed by atoms with van der Waals surface area (Å²) in [6, 6.07) is 6.19. The van der Waals surface area contributed by atoms with Crippen LogP contribution < -0.4 is 4.74 Å². The predicted octanol–water partition coefficient (Wildman–Crippen LogP) is 4.40. The topological polar surface area (TPSA) is 42.4 Å². The number of nitrogens with zero attached hydrogens (tertiary/aromatic N) is 2. The lowest BCUT2D eigenvalue weighted by molar-refractivity contribution is 0.0599. The molecule has 6 heteroatoms. The molecule has 0 bridgehead atoms. The van der Waals surface area contributed by atoms with Gasteiger partial charge in [0.15, 0.2) is 0 Å². The molecule has 25 heavy (non-hydrogen) atoms. The summed E-state index contributed by atoms with van der Waals surface area (Å²) in [5, 5.41) is 1.00. The monoisotopic (exact) mass is 362 g/mol. The van der Waals surface area contributed by atoms with Crippen molar-refractivity contribution >= 4 is 17.2 Å². The summed E-state index contributed by atoms with van der Waals surface area (Å²) >= 11 is 1.50. The molecule has 0 atom stereocenters. The molecule has 1 amide bonds. The van der Waals surface area contributed by atoms with E-state index in [0.29, 0.717) is 24.8 Å². The summed E-state index contributed by atoms with van der Waals surface area (Å²) in [4.78, 5) is 19.9. The van der Waals surface area contributed by atoms with Crippen LogP contribution in [0.4, 0.5) is 4.39 Å². The maximum absolute atomic E-state index is 13.2. The number of carbonyl (C=O) groups is 1. The van der Waals surface area contributed by atoms with Gasteiger partial charge in [0.1, 0.15) is 22.5 Å². The number of aromatic nitrogens is 1. The van der Waals surface area contributed by atoms with Crippen LogP contribution in [0.15, 0.2) is 24.3 Å². The van der Waals surface area contributed by atoms with Crippen LogP contribution in [-0.4, -0.2) is 35.0 Å². The van der Waals surface area contributed by atoms with Crippen molar-refractivity contribution in [2.24, 2.45) is 0 Å². The van der Waals surface area contributed by atoms with Crippen molar-refractivity contribution in [2.45, 2.75) is 45.6 Å². The van der Waals surface area contributed by atoms with Crippen LogP contribution in [0.5, 0.6) is 5.75 Å². The van der Waals surface area contributed by atoms with Crippen LogP contribution in [0.3, 0.4) is 0 Å². The Morgan fingerprint density at radius 2 is 2.08 bits per heavy atom. The number of hydrogen-bond acceptors (Lipinski definition) is 4. The third-order valence-corrected chi connectivity index (χ3v) is 5.78. The Kier molecular flexibility index (Phi) is 5.37. The average molecular weight is 362 g/mol. The number of halogens is 1. The van der Waals surface area contributed by atoms with Crippen molar-refractivity contribution in [1.29, 1.82) is 0 Å². The molecule has 1 aliphatic rings. The van der Waals surface area contributed by atoms with Gasteiger partial charge in [-0.2, -0.15) is 0 Å². The molecule has 4 nitrogen and oxygen atoms in total. The summed E-state index contributed by atoms with van der Waals surface area (Å²) in [7, 11) is 0. The molecule has 0 N–H and O–H groups in total. The Hall–Kier alpha value is -1.95. The first-order valence-corrected chi connectivity index (χ1v) is 9.44. The van der Waals surface area contributed by atoms with E-state index in [-0.39, 0.29) is 17.8 Å². The zero-order chi connectivity index (χ0) is 18.0. The molecule has 0 aliphatic carbocycles. The number of likely N-dealkylation sites (tertiary alicyclic amines) is 1. The van der Waals surface area contributed by atoms with Gasteiger partial charge in [-0.25, -0.2) is 9.37 Å². The highest BCUT2D eigenvalue weighted by Gasteiger charge is 2.27. The van der Waals surface area contributed by atoms with E-state index in [4.69, 9.17) is 4.74 Å². The van der Waals surface area contributed by atoms with E-state index in [2.05, 4.69) is 18.8 Å². The second-order valence-corrected chi connectivity index (χ2v) is 7.72. The number of piperidine rings is 1. The van der Waals surface area contributed by atoms with Crippen LogP contribution in [-0.2, 0) is 0 Å². The Morgan fingerprint density at radius 1 is 1.36 bits per heavy atom. The zero-order valence-corrected chi connectivity index (χ0v) is 15.6. The van der Waals surface area contributed by atoms with Crippen molar-refractivity contribution in [2.75, 3.05) is 13.1 Å². The normalized spacial score (nSPS) is 15.6. The van der Waals surface area contributed by atoms with Crippen molar-refractivity contribution in [3.8, 4) is 5.75 Å². The maximum Gasteiger partial charge on any atom is 0.265 e. The minimum Gasteiger partial charge on any atom is -0.490 e. The van der Waals surface area contributed by atoms with E-state index in [9.17, 15) is 9.18 Å². The molecule has 134 valence electrons. The number of aryl methyl sites for hydroxylation is 1. The van der Waals surface area contributed by atoms with E-state index in [1.54, 1.807) is 12.1 Å². The summed E-state index contributed by atoms with van der Waals surface area (Å²) in [6.45, 7) is 7.36. The lowest BCUT2D eigenvalue weighted by Gasteiger charge is -2.32. The molecule has 3 rings (SSSR count). The smallest absolute Gasteiger partial charge is 0.265 e. The number of hydrogen-bond donors (Lipinski definition) is 0. The molecule has 1 aliphatic heterocycles. The minimum atomic E-state index is -0.299. The van der Waals surface area contributed by atoms with Gasteiger partial charge in [0.2, 0.25) is 0 Å². The SMILES string of the molecule is Cc1nc(C(C)C)sc1C(=O)N1CCC(Oc2cccc(F)c2)CC1. The third kappa shape index (κ3) is 4.18. The largest absolute Gasteiger partial charge is 0.490 e. The molecule has 0 saturated carbocycles. The zero-order valence-electron chi connectivity index (χ0n) is 14.8. The molecular formula is C19H23FN2O2S. The first-order chi connectivity index (χ1) is 11.9. The average Bonchev–Trinajstić information content (AvgIpc) is 2.97. The molecule has 0 radical (unpaired) electrons. The van der Waals surface area contributed by atoms with Gasteiger partial charge >= 0.3 is 0 Å². The molecule has 1 aromatic heterocycles. The number of amides is 1. The van der Waals surface area contributed by atoms with Gasteiger partial charge in [0.25, 0.3) is 5.91 Å². The van der Waals surface area contributed by atoms with Gasteiger partial charge in [-0.1, -0.05) is 19.9 Å². The van der Waals surface area contributed by atoms with Crippen molar-refractivity contribution in [3.63, 3.8) is 0 Å². The first kappa shape index (κ1) is 17.9. The van der Waals surface area contributed by atoms with E-state index in [1.165, 1.54) is 23.5 Å². The van der Waals surface area contributed by atoms with Gasteiger partial charge in [-0.15, -0.1) is 11.3 Å². The Morgan fingerprint density at radius 3 is 2.68 bits per heavy atom. The molecule has 2 heterocycles. The van der Waals surface area contributed by atoms with Gasteiger partial charge in [-0.05, 0) is 19.1 Å². The summed E-state index contributed by atoms with van der Waals surface area (Å²) < 4.78 is 19.1. The maximum atomic E-state index is 13.2. The highest BCUT2D eigenvalue weighted by Crippen LogP contribution is 2.27. The Labute approximate surface area is 151 Å². The second kappa shape index (κ2) is 7.52. The van der Waals surface area contributed by atoms with Crippen LogP contribution in [0.1, 0.15) is 53.0 Å². The quantitative estimate of drug-likeness (QED) is 0.810. The molecule has 0 spiro atoms. The van der Waals surface area contributed by atoms with E-state index < -0.39 is 0 Å². The number of benzene rings is 1. The van der Waals surface area contributed by atoms with Gasteiger partial charge < -0.3 is 9.64 Å². The fourth-order valence-corrected chi connectivity index (χ4v) is 3.95. The third-order valence-electron chi connectivity index (χ3n) is 4.33. The van der Waals surface area contributed by atoms with E-state index in [0.717, 1.165) is 28.4 Å². The minimum absolute atomic E-state index is 0.0135. The standard InChI is InChI=1S/C19H23FN2O2S/c1-12(2)18-21-13(3)17(25-18)19(23)22-9-7-15(8-10-22)24-16-6-4-5-14(20)11-16/h4-6,11-12,15H,7-10H2,1-3H3. The molecule has 1 aromatic carbocycles. The number of ether oxygens (including phenoxy) is 1. The van der Waals surface area contributed by atoms with Gasteiger partial charge in [0, 0.05) is 37.9 Å². The number of thiazole rings is 1. The molecule has 0 unspecified atom stereocenters. The molecule has 1 fully saturated rings. The lowest BCUT2D eigenvalue weighted by Crippen LogP contribution is -2.41. The summed E-state index contributed by atoms with van der Waals surface area (Å²) in [5.74, 6) is 0.637. The van der Waals surface area contributed by atoms with Crippen molar-refractivity contribution < 1.29 is 13.9 Å². The number of carbonyl (C=O) groups excluding carboxylic acids is 1. The first-order valence-electron chi connectivity index (χ1n) is 8.63. The highest BCUT2D eigenvalue weighted by atomic mass is 32.1. The highest BCUT2D eigenvalue weighted by molar-refractivity contribution is 7.13. The molecular weight excluding hydrogens is 339 g/mol. The van der Waals surface area contributed by atoms with Crippen LogP contribution in [0.2, 0.25) is 0 Å². The summed E-state index contributed by atoms with van der Waals surface area (Å²) in [5.41, 5.74) is 0.817. The Balaban J connectivity index is 1.59. The molecule has 2 aromatic rings. The number of rotatable bonds is 4. The lowest BCUT2D eigenvalue weighted by atomic mass is 10.1. The molecule has 1 saturated heterocycles. The van der Waals surface area contributed by atoms with E-state index in [1.807, 2.05) is 11.8 Å². The van der Waals surface area contributed by atoms with Gasteiger partial charge in [-0.3, -0.25) is 4.79 Å². The van der Waals surface area contributed by atoms with Gasteiger partial charge in [0.05, 0.1) is 10.7 Å². The fourth-order valence-electron chi connectivity index (χ4n) is 2.92. The van der Waals surface area contributed by atoms with Crippen LogP contribution in [0, 0.1) is 12.7 Å². The predicted molar refractivity (Wildman–Crippen MR) is 96.9 cm³/mol. The fraction of sp³-hybridized carbons (Fsp3) is 0.474. The summed E-state index contributed by atoms with van der Waals surface area (Å²) in [6.07, 6.45) is 1.51. The Bertz CT molecular complexity index is 752.